The number of nitrogens with two attached hydrogens (primary N) is 1. The summed E-state index contributed by atoms with van der Waals surface area (Å²) in [5.74, 6) is -0.601. The van der Waals surface area contributed by atoms with Gasteiger partial charge in [0.25, 0.3) is 0 Å². The van der Waals surface area contributed by atoms with Crippen molar-refractivity contribution in [3.8, 4) is 0 Å². The first-order chi connectivity index (χ1) is 9.04. The number of halogens is 1. The van der Waals surface area contributed by atoms with Crippen LogP contribution in [0.15, 0.2) is 42.5 Å². The maximum absolute atomic E-state index is 12.9. The number of anilines is 2. The second-order valence-corrected chi connectivity index (χ2v) is 4.44. The molecule has 0 unspecified atom stereocenters. The molecule has 2 aromatic rings. The molecule has 3 nitrogen and oxygen atoms in total. The first-order valence-corrected chi connectivity index (χ1v) is 5.95. The van der Waals surface area contributed by atoms with Crippen LogP contribution in [0.25, 0.3) is 0 Å². The van der Waals surface area contributed by atoms with Crippen molar-refractivity contribution in [2.45, 2.75) is 13.3 Å². The average molecular weight is 258 g/mol. The van der Waals surface area contributed by atoms with Crippen LogP contribution >= 0.6 is 0 Å². The van der Waals surface area contributed by atoms with Crippen molar-refractivity contribution in [3.05, 3.63) is 59.4 Å². The minimum absolute atomic E-state index is 0.179. The average Bonchev–Trinajstić information content (AvgIpc) is 2.36. The van der Waals surface area contributed by atoms with Gasteiger partial charge in [-0.3, -0.25) is 4.79 Å². The minimum Gasteiger partial charge on any atom is -0.397 e. The number of benzene rings is 2. The van der Waals surface area contributed by atoms with E-state index in [9.17, 15) is 9.18 Å². The molecule has 19 heavy (non-hydrogen) atoms. The molecule has 98 valence electrons. The van der Waals surface area contributed by atoms with Crippen molar-refractivity contribution in [2.75, 3.05) is 11.1 Å². The van der Waals surface area contributed by atoms with Crippen LogP contribution in [0.2, 0.25) is 0 Å². The molecular formula is C15H15FN2O. The normalized spacial score (nSPS) is 10.2. The maximum Gasteiger partial charge on any atom is 0.228 e. The summed E-state index contributed by atoms with van der Waals surface area (Å²) in [5.41, 5.74) is 8.34. The Hall–Kier alpha value is -2.36. The molecule has 4 heteroatoms. The van der Waals surface area contributed by atoms with Gasteiger partial charge >= 0.3 is 0 Å². The lowest BCUT2D eigenvalue weighted by atomic mass is 10.1. The highest BCUT2D eigenvalue weighted by Crippen LogP contribution is 2.19. The van der Waals surface area contributed by atoms with Gasteiger partial charge in [0.1, 0.15) is 5.82 Å². The lowest BCUT2D eigenvalue weighted by Crippen LogP contribution is -2.15. The predicted octanol–water partition coefficient (Wildman–Crippen LogP) is 2.90. The number of aryl methyl sites for hydroxylation is 1. The molecule has 0 bridgehead atoms. The van der Waals surface area contributed by atoms with E-state index in [1.165, 1.54) is 18.2 Å². The number of nitrogen functional groups attached to an aromatic ring is 1. The lowest BCUT2D eigenvalue weighted by molar-refractivity contribution is -0.115. The molecular weight excluding hydrogens is 243 g/mol. The third kappa shape index (κ3) is 3.55. The zero-order valence-corrected chi connectivity index (χ0v) is 10.6. The van der Waals surface area contributed by atoms with E-state index in [0.29, 0.717) is 5.69 Å². The summed E-state index contributed by atoms with van der Waals surface area (Å²) < 4.78 is 12.9. The maximum atomic E-state index is 12.9. The summed E-state index contributed by atoms with van der Waals surface area (Å²) >= 11 is 0. The van der Waals surface area contributed by atoms with Gasteiger partial charge in [-0.05, 0) is 30.7 Å². The van der Waals surface area contributed by atoms with E-state index >= 15 is 0 Å². The molecule has 0 heterocycles. The van der Waals surface area contributed by atoms with Gasteiger partial charge in [0.05, 0.1) is 17.8 Å². The van der Waals surface area contributed by atoms with Crippen molar-refractivity contribution >= 4 is 17.3 Å². The van der Waals surface area contributed by atoms with E-state index in [2.05, 4.69) is 5.32 Å². The van der Waals surface area contributed by atoms with Crippen molar-refractivity contribution in [1.82, 2.24) is 0 Å². The second kappa shape index (κ2) is 5.52. The predicted molar refractivity (Wildman–Crippen MR) is 74.3 cm³/mol. The Labute approximate surface area is 111 Å². The van der Waals surface area contributed by atoms with Crippen LogP contribution < -0.4 is 11.1 Å². The first-order valence-electron chi connectivity index (χ1n) is 5.95. The van der Waals surface area contributed by atoms with E-state index < -0.39 is 5.82 Å². The molecule has 3 N–H and O–H groups in total. The van der Waals surface area contributed by atoms with Crippen molar-refractivity contribution in [3.63, 3.8) is 0 Å². The fourth-order valence-corrected chi connectivity index (χ4v) is 1.73. The van der Waals surface area contributed by atoms with Crippen molar-refractivity contribution in [2.24, 2.45) is 0 Å². The van der Waals surface area contributed by atoms with E-state index in [1.54, 1.807) is 0 Å². The highest BCUT2D eigenvalue weighted by Gasteiger charge is 2.07. The topological polar surface area (TPSA) is 55.1 Å². The molecule has 0 aliphatic carbocycles. The smallest absolute Gasteiger partial charge is 0.228 e. The van der Waals surface area contributed by atoms with Crippen LogP contribution in [0.4, 0.5) is 15.8 Å². The van der Waals surface area contributed by atoms with Crippen molar-refractivity contribution < 1.29 is 9.18 Å². The highest BCUT2D eigenvalue weighted by atomic mass is 19.1. The molecule has 0 radical (unpaired) electrons. The molecule has 2 rings (SSSR count). The summed E-state index contributed by atoms with van der Waals surface area (Å²) in [6.07, 6.45) is 0.261. The highest BCUT2D eigenvalue weighted by molar-refractivity contribution is 5.95. The lowest BCUT2D eigenvalue weighted by Gasteiger charge is -2.08. The van der Waals surface area contributed by atoms with E-state index in [4.69, 9.17) is 5.73 Å². The van der Waals surface area contributed by atoms with Gasteiger partial charge in [0, 0.05) is 0 Å². The van der Waals surface area contributed by atoms with Gasteiger partial charge in [-0.2, -0.15) is 0 Å². The molecule has 0 fully saturated rings. The molecule has 0 atom stereocenters. The summed E-state index contributed by atoms with van der Waals surface area (Å²) in [4.78, 5) is 11.8. The van der Waals surface area contributed by atoms with Crippen LogP contribution in [0.3, 0.4) is 0 Å². The Bertz CT molecular complexity index is 594. The summed E-state index contributed by atoms with van der Waals surface area (Å²) in [7, 11) is 0. The molecule has 0 spiro atoms. The van der Waals surface area contributed by atoms with Gasteiger partial charge < -0.3 is 11.1 Å². The molecule has 0 saturated heterocycles. The van der Waals surface area contributed by atoms with E-state index in [0.717, 1.165) is 11.1 Å². The van der Waals surface area contributed by atoms with Crippen LogP contribution in [0, 0.1) is 12.7 Å². The number of rotatable bonds is 3. The summed E-state index contributed by atoms with van der Waals surface area (Å²) in [6, 6.07) is 11.6. The standard InChI is InChI=1S/C15H15FN2O/c1-10-2-4-11(5-3-10)8-15(19)18-14-7-6-12(16)9-13(14)17/h2-7,9H,8,17H2,1H3,(H,18,19). The zero-order chi connectivity index (χ0) is 13.8. The Morgan fingerprint density at radius 2 is 1.89 bits per heavy atom. The number of amides is 1. The largest absolute Gasteiger partial charge is 0.397 e. The number of carbonyl (C=O) groups is 1. The molecule has 0 aromatic heterocycles. The van der Waals surface area contributed by atoms with Gasteiger partial charge in [-0.1, -0.05) is 29.8 Å². The van der Waals surface area contributed by atoms with E-state index in [1.807, 2.05) is 31.2 Å². The number of hydrogen-bond donors (Lipinski definition) is 2. The Balaban J connectivity index is 2.03. The fourth-order valence-electron chi connectivity index (χ4n) is 1.73. The monoisotopic (exact) mass is 258 g/mol. The van der Waals surface area contributed by atoms with Gasteiger partial charge in [0.2, 0.25) is 5.91 Å². The van der Waals surface area contributed by atoms with E-state index in [-0.39, 0.29) is 18.0 Å². The molecule has 2 aromatic carbocycles. The third-order valence-electron chi connectivity index (χ3n) is 2.77. The van der Waals surface area contributed by atoms with Gasteiger partial charge in [-0.25, -0.2) is 4.39 Å². The quantitative estimate of drug-likeness (QED) is 0.832. The SMILES string of the molecule is Cc1ccc(CC(=O)Nc2ccc(F)cc2N)cc1. The second-order valence-electron chi connectivity index (χ2n) is 4.44. The summed E-state index contributed by atoms with van der Waals surface area (Å²) in [5, 5.41) is 2.67. The number of carbonyl (C=O) groups excluding carboxylic acids is 1. The third-order valence-corrected chi connectivity index (χ3v) is 2.77. The summed E-state index contributed by atoms with van der Waals surface area (Å²) in [6.45, 7) is 1.99. The van der Waals surface area contributed by atoms with Crippen LogP contribution in [0.5, 0.6) is 0 Å². The molecule has 1 amide bonds. The number of hydrogen-bond acceptors (Lipinski definition) is 2. The fraction of sp³-hybridized carbons (Fsp3) is 0.133. The molecule has 0 aliphatic rings. The Morgan fingerprint density at radius 1 is 1.21 bits per heavy atom. The Morgan fingerprint density at radius 3 is 2.53 bits per heavy atom. The minimum atomic E-state index is -0.422. The number of nitrogens with one attached hydrogen (secondary N) is 1. The zero-order valence-electron chi connectivity index (χ0n) is 10.6. The first kappa shape index (κ1) is 13.1. The van der Waals surface area contributed by atoms with Crippen LogP contribution in [-0.4, -0.2) is 5.91 Å². The van der Waals surface area contributed by atoms with Crippen molar-refractivity contribution in [1.29, 1.82) is 0 Å². The van der Waals surface area contributed by atoms with Crippen LogP contribution in [0.1, 0.15) is 11.1 Å². The van der Waals surface area contributed by atoms with Gasteiger partial charge in [0.15, 0.2) is 0 Å². The Kier molecular flexibility index (Phi) is 3.80. The molecule has 0 aliphatic heterocycles. The van der Waals surface area contributed by atoms with Crippen LogP contribution in [-0.2, 0) is 11.2 Å². The molecule has 0 saturated carbocycles. The van der Waals surface area contributed by atoms with Gasteiger partial charge in [-0.15, -0.1) is 0 Å².